The Kier molecular flexibility index (Phi) is 4.53. The van der Waals surface area contributed by atoms with Gasteiger partial charge in [-0.25, -0.2) is 0 Å². The summed E-state index contributed by atoms with van der Waals surface area (Å²) >= 11 is 0. The molecule has 0 amide bonds. The molecule has 3 aliphatic heterocycles. The molecule has 7 aromatic rings. The molecule has 4 nitrogen and oxygen atoms in total. The first-order valence-electron chi connectivity index (χ1n) is 16.4. The van der Waals surface area contributed by atoms with E-state index in [1.165, 1.54) is 75.7 Å². The molecule has 0 bridgehead atoms. The number of anilines is 2. The zero-order chi connectivity index (χ0) is 30.4. The number of nitrogens with zero attached hydrogens (tertiary/aromatic N) is 3. The number of fused-ring (bicyclic) bond motifs is 11. The van der Waals surface area contributed by atoms with Crippen molar-refractivity contribution in [1.82, 2.24) is 9.13 Å². The van der Waals surface area contributed by atoms with Gasteiger partial charge >= 0.3 is 0 Å². The summed E-state index contributed by atoms with van der Waals surface area (Å²) in [5.74, 6) is 1.90. The van der Waals surface area contributed by atoms with Crippen LogP contribution in [-0.2, 0) is 0 Å². The Bertz CT molecular complexity index is 2730. The van der Waals surface area contributed by atoms with E-state index in [-0.39, 0.29) is 16.5 Å². The van der Waals surface area contributed by atoms with Crippen molar-refractivity contribution in [3.8, 4) is 17.1 Å². The van der Waals surface area contributed by atoms with Gasteiger partial charge < -0.3 is 18.8 Å². The topological polar surface area (TPSA) is 22.3 Å². The van der Waals surface area contributed by atoms with Gasteiger partial charge in [-0.15, -0.1) is 10.5 Å². The van der Waals surface area contributed by atoms with E-state index < -0.39 is 0 Å². The largest absolute Gasteiger partial charge is 0.457 e. The van der Waals surface area contributed by atoms with Gasteiger partial charge in [0.2, 0.25) is 0 Å². The molecule has 222 valence electrons. The number of hydrogen-bond acceptors (Lipinski definition) is 2. The van der Waals surface area contributed by atoms with Gasteiger partial charge in [-0.3, -0.25) is 0 Å². The quantitative estimate of drug-likeness (QED) is 0.170. The van der Waals surface area contributed by atoms with Crippen molar-refractivity contribution >= 4 is 65.5 Å². The van der Waals surface area contributed by atoms with Crippen molar-refractivity contribution in [2.45, 2.75) is 28.7 Å². The normalized spacial score (nSPS) is 19.4. The first-order valence-corrected chi connectivity index (χ1v) is 17.6. The molecular weight excluding hydrogens is 595 g/mol. The third-order valence-corrected chi connectivity index (χ3v) is 13.1. The second kappa shape index (κ2) is 8.64. The highest BCUT2D eigenvalue weighted by Gasteiger charge is 2.39. The molecule has 5 aliphatic rings. The molecule has 47 heavy (non-hydrogen) atoms. The van der Waals surface area contributed by atoms with Gasteiger partial charge in [-0.1, -0.05) is 85.0 Å². The summed E-state index contributed by atoms with van der Waals surface area (Å²) in [6, 6.07) is 38.5. The van der Waals surface area contributed by atoms with E-state index in [9.17, 15) is 0 Å². The summed E-state index contributed by atoms with van der Waals surface area (Å²) in [6.45, 7) is 0. The number of aromatic nitrogens is 2. The van der Waals surface area contributed by atoms with Crippen LogP contribution in [0.4, 0.5) is 11.4 Å². The molecule has 0 radical (unpaired) electrons. The second-order valence-electron chi connectivity index (χ2n) is 13.0. The molecule has 2 atom stereocenters. The van der Waals surface area contributed by atoms with Crippen molar-refractivity contribution < 1.29 is 4.74 Å². The number of hydrogen-bond donors (Lipinski definition) is 0. The zero-order valence-electron chi connectivity index (χ0n) is 25.4. The van der Waals surface area contributed by atoms with E-state index >= 15 is 0 Å². The van der Waals surface area contributed by atoms with Crippen LogP contribution in [0, 0.1) is 0 Å². The lowest BCUT2D eigenvalue weighted by Crippen LogP contribution is -2.39. The highest BCUT2D eigenvalue weighted by Crippen LogP contribution is 2.59. The summed E-state index contributed by atoms with van der Waals surface area (Å²) in [4.78, 5) is 6.93. The molecular formula is C42H27N3OS. The summed E-state index contributed by atoms with van der Waals surface area (Å²) in [5.41, 5.74) is 11.5. The monoisotopic (exact) mass is 621 g/mol. The minimum atomic E-state index is -0.220. The fourth-order valence-electron chi connectivity index (χ4n) is 8.84. The first-order chi connectivity index (χ1) is 23.3. The van der Waals surface area contributed by atoms with Gasteiger partial charge in [0.25, 0.3) is 0 Å². The van der Waals surface area contributed by atoms with Crippen LogP contribution in [0.5, 0.6) is 5.75 Å². The SMILES string of the molecule is C1=CCC2C(=C1)Oc1ccccc1N2c1cc2c3c(c1)-n1c4ccccc4c4cccc(c41)S3=C1CC=Cc3c1n-2c1ccccc31. The number of allylic oxidation sites excluding steroid dienone is 3. The molecule has 0 fully saturated rings. The average molecular weight is 622 g/mol. The van der Waals surface area contributed by atoms with Crippen molar-refractivity contribution in [2.24, 2.45) is 0 Å². The molecule has 0 saturated carbocycles. The third-order valence-electron chi connectivity index (χ3n) is 10.6. The maximum absolute atomic E-state index is 6.53. The highest BCUT2D eigenvalue weighted by molar-refractivity contribution is 8.16. The Balaban J connectivity index is 1.29. The van der Waals surface area contributed by atoms with Crippen LogP contribution in [0.1, 0.15) is 24.1 Å². The van der Waals surface area contributed by atoms with Crippen LogP contribution >= 0.6 is 10.5 Å². The van der Waals surface area contributed by atoms with Crippen LogP contribution in [0.2, 0.25) is 0 Å². The van der Waals surface area contributed by atoms with E-state index in [1.54, 1.807) is 0 Å². The highest BCUT2D eigenvalue weighted by atomic mass is 32.2. The standard InChI is InChI=1S/C42H27N3OS/c1-3-15-30-26(11-1)28-13-9-21-38-40(28)44(30)34-23-25(43-32-17-5-7-19-36(32)46-37-20-8-6-18-33(37)43)24-35-42(34)47(38)39-22-10-14-29-27-12-2-4-16-31(27)45(35)41(29)39/h1-17,19-21,23-24,33H,18,22H2. The Hall–Kier alpha value is -5.52. The van der Waals surface area contributed by atoms with Crippen LogP contribution in [0.15, 0.2) is 143 Å². The number of ether oxygens (including phenoxy) is 1. The molecule has 5 aromatic carbocycles. The molecule has 5 heteroatoms. The Morgan fingerprint density at radius 3 is 2.38 bits per heavy atom. The predicted octanol–water partition coefficient (Wildman–Crippen LogP) is 10.4. The minimum absolute atomic E-state index is 0.0830. The zero-order valence-corrected chi connectivity index (χ0v) is 26.2. The van der Waals surface area contributed by atoms with Gasteiger partial charge in [-0.05, 0) is 61.4 Å². The summed E-state index contributed by atoms with van der Waals surface area (Å²) in [7, 11) is -0.220. The third kappa shape index (κ3) is 2.95. The van der Waals surface area contributed by atoms with Crippen molar-refractivity contribution in [2.75, 3.05) is 4.90 Å². The fourth-order valence-corrected chi connectivity index (χ4v) is 11.6. The molecule has 0 saturated heterocycles. The van der Waals surface area contributed by atoms with E-state index in [1.807, 2.05) is 0 Å². The molecule has 12 rings (SSSR count). The lowest BCUT2D eigenvalue weighted by molar-refractivity contribution is 0.360. The van der Waals surface area contributed by atoms with E-state index in [4.69, 9.17) is 4.74 Å². The van der Waals surface area contributed by atoms with Gasteiger partial charge in [0, 0.05) is 37.2 Å². The van der Waals surface area contributed by atoms with Gasteiger partial charge in [0.05, 0.1) is 50.2 Å². The summed E-state index contributed by atoms with van der Waals surface area (Å²) in [6.07, 6.45) is 13.1. The lowest BCUT2D eigenvalue weighted by atomic mass is 9.99. The lowest BCUT2D eigenvalue weighted by Gasteiger charge is -2.42. The summed E-state index contributed by atoms with van der Waals surface area (Å²) in [5, 5.41) is 3.97. The van der Waals surface area contributed by atoms with E-state index in [0.717, 1.165) is 30.0 Å². The molecule has 0 spiro atoms. The predicted molar refractivity (Wildman–Crippen MR) is 194 cm³/mol. The molecule has 5 heterocycles. The molecule has 2 aliphatic carbocycles. The van der Waals surface area contributed by atoms with E-state index in [2.05, 4.69) is 148 Å². The number of benzene rings is 5. The van der Waals surface area contributed by atoms with Crippen LogP contribution in [0.25, 0.3) is 50.2 Å². The molecule has 0 N–H and O–H groups in total. The van der Waals surface area contributed by atoms with Gasteiger partial charge in [-0.2, -0.15) is 0 Å². The maximum atomic E-state index is 6.53. The van der Waals surface area contributed by atoms with Crippen LogP contribution < -0.4 is 9.64 Å². The van der Waals surface area contributed by atoms with Gasteiger partial charge in [0.1, 0.15) is 5.76 Å². The maximum Gasteiger partial charge on any atom is 0.150 e. The van der Waals surface area contributed by atoms with Gasteiger partial charge in [0.15, 0.2) is 5.75 Å². The van der Waals surface area contributed by atoms with Crippen LogP contribution in [-0.4, -0.2) is 20.0 Å². The fraction of sp³-hybridized carbons (Fsp3) is 0.0714. The van der Waals surface area contributed by atoms with Crippen molar-refractivity contribution in [3.63, 3.8) is 0 Å². The first kappa shape index (κ1) is 24.7. The molecule has 2 unspecified atom stereocenters. The minimum Gasteiger partial charge on any atom is -0.457 e. The van der Waals surface area contributed by atoms with Crippen molar-refractivity contribution in [1.29, 1.82) is 0 Å². The number of rotatable bonds is 1. The second-order valence-corrected chi connectivity index (χ2v) is 14.9. The summed E-state index contributed by atoms with van der Waals surface area (Å²) < 4.78 is 11.7. The Morgan fingerprint density at radius 1 is 0.702 bits per heavy atom. The van der Waals surface area contributed by atoms with Crippen LogP contribution in [0.3, 0.4) is 0 Å². The van der Waals surface area contributed by atoms with Crippen molar-refractivity contribution in [3.05, 3.63) is 144 Å². The number of para-hydroxylation sites is 5. The Morgan fingerprint density at radius 2 is 1.47 bits per heavy atom. The Labute approximate surface area is 273 Å². The smallest absolute Gasteiger partial charge is 0.150 e. The molecule has 2 aromatic heterocycles. The average Bonchev–Trinajstić information content (AvgIpc) is 3.65. The van der Waals surface area contributed by atoms with E-state index in [0.29, 0.717) is 0 Å².